The van der Waals surface area contributed by atoms with Crippen LogP contribution in [0.3, 0.4) is 0 Å². The molecule has 3 saturated heterocycles. The van der Waals surface area contributed by atoms with Gasteiger partial charge in [0.1, 0.15) is 42.2 Å². The summed E-state index contributed by atoms with van der Waals surface area (Å²) in [5, 5.41) is 51.1. The molecule has 0 aliphatic carbocycles. The third kappa shape index (κ3) is 3.89. The Labute approximate surface area is 192 Å². The number of aliphatic hydroxyl groups excluding tert-OH is 5. The summed E-state index contributed by atoms with van der Waals surface area (Å²) < 4.78 is 11.8. The Bertz CT molecular complexity index is 1020. The topological polar surface area (TPSA) is 230 Å². The SMILES string of the molecule is C[C@]1(N)C(=O)NC(=O)N([C@H]2C[C@H](O)[C@@H](CO)O2)[C@H]1c1ccn([C@@H]2O[C@H](CO)[C@@H](O)[C@H]2O)c(=O)n1. The van der Waals surface area contributed by atoms with Gasteiger partial charge in [0.15, 0.2) is 6.23 Å². The fourth-order valence-corrected chi connectivity index (χ4v) is 4.51. The van der Waals surface area contributed by atoms with E-state index in [1.54, 1.807) is 0 Å². The van der Waals surface area contributed by atoms with E-state index in [0.717, 1.165) is 9.47 Å². The number of aliphatic hydroxyl groups is 5. The van der Waals surface area contributed by atoms with Crippen molar-refractivity contribution < 1.29 is 44.6 Å². The average molecular weight is 485 g/mol. The second-order valence-corrected chi connectivity index (χ2v) is 8.74. The van der Waals surface area contributed by atoms with E-state index >= 15 is 0 Å². The van der Waals surface area contributed by atoms with Crippen LogP contribution in [0.4, 0.5) is 4.79 Å². The van der Waals surface area contributed by atoms with Crippen LogP contribution in [0.15, 0.2) is 17.1 Å². The molecule has 34 heavy (non-hydrogen) atoms. The van der Waals surface area contributed by atoms with Gasteiger partial charge in [-0.3, -0.25) is 19.6 Å². The van der Waals surface area contributed by atoms with Crippen LogP contribution in [0.1, 0.15) is 31.3 Å². The first-order valence-electron chi connectivity index (χ1n) is 10.6. The fraction of sp³-hybridized carbons (Fsp3) is 0.684. The van der Waals surface area contributed by atoms with E-state index < -0.39 is 85.4 Å². The first-order valence-corrected chi connectivity index (χ1v) is 10.6. The Kier molecular flexibility index (Phi) is 6.47. The summed E-state index contributed by atoms with van der Waals surface area (Å²) in [6.07, 6.45) is -7.44. The van der Waals surface area contributed by atoms with E-state index in [2.05, 4.69) is 10.3 Å². The summed E-state index contributed by atoms with van der Waals surface area (Å²) in [4.78, 5) is 43.1. The number of aromatic nitrogens is 2. The zero-order valence-electron chi connectivity index (χ0n) is 18.1. The van der Waals surface area contributed by atoms with Gasteiger partial charge >= 0.3 is 11.7 Å². The van der Waals surface area contributed by atoms with E-state index in [1.807, 2.05) is 0 Å². The molecule has 8 N–H and O–H groups in total. The summed E-state index contributed by atoms with van der Waals surface area (Å²) >= 11 is 0. The minimum absolute atomic E-state index is 0.0771. The van der Waals surface area contributed by atoms with Gasteiger partial charge in [0.2, 0.25) is 5.91 Å². The highest BCUT2D eigenvalue weighted by molar-refractivity contribution is 6.02. The lowest BCUT2D eigenvalue weighted by Gasteiger charge is -2.46. The number of nitrogens with zero attached hydrogens (tertiary/aromatic N) is 3. The van der Waals surface area contributed by atoms with Crippen LogP contribution >= 0.6 is 0 Å². The van der Waals surface area contributed by atoms with Crippen LogP contribution in [0.2, 0.25) is 0 Å². The molecule has 3 aliphatic heterocycles. The molecule has 0 aromatic carbocycles. The molecule has 9 atom stereocenters. The molecule has 4 heterocycles. The number of rotatable bonds is 5. The Balaban J connectivity index is 1.71. The third-order valence-electron chi connectivity index (χ3n) is 6.41. The van der Waals surface area contributed by atoms with Crippen molar-refractivity contribution in [1.82, 2.24) is 19.8 Å². The number of urea groups is 1. The smallest absolute Gasteiger partial charge is 0.350 e. The molecular weight excluding hydrogens is 458 g/mol. The number of carbonyl (C=O) groups excluding carboxylic acids is 2. The molecule has 0 unspecified atom stereocenters. The molecule has 188 valence electrons. The number of hydrogen-bond acceptors (Lipinski definition) is 12. The minimum Gasteiger partial charge on any atom is -0.394 e. The summed E-state index contributed by atoms with van der Waals surface area (Å²) in [5.41, 5.74) is 3.47. The lowest BCUT2D eigenvalue weighted by molar-refractivity contribution is -0.136. The number of ether oxygens (including phenoxy) is 2. The normalized spacial score (nSPS) is 40.6. The van der Waals surface area contributed by atoms with Crippen LogP contribution in [0, 0.1) is 0 Å². The van der Waals surface area contributed by atoms with Crippen LogP contribution in [0.5, 0.6) is 0 Å². The van der Waals surface area contributed by atoms with Crippen molar-refractivity contribution >= 4 is 11.9 Å². The van der Waals surface area contributed by atoms with Gasteiger partial charge in [-0.1, -0.05) is 0 Å². The lowest BCUT2D eigenvalue weighted by Crippen LogP contribution is -2.70. The largest absolute Gasteiger partial charge is 0.394 e. The number of imide groups is 1. The lowest BCUT2D eigenvalue weighted by atomic mass is 9.86. The monoisotopic (exact) mass is 485 g/mol. The van der Waals surface area contributed by atoms with Crippen molar-refractivity contribution in [1.29, 1.82) is 0 Å². The Morgan fingerprint density at radius 3 is 2.38 bits per heavy atom. The summed E-state index contributed by atoms with van der Waals surface area (Å²) in [6, 6.07) is -0.890. The van der Waals surface area contributed by atoms with E-state index in [9.17, 15) is 39.9 Å². The van der Waals surface area contributed by atoms with Gasteiger partial charge in [-0.05, 0) is 13.0 Å². The highest BCUT2D eigenvalue weighted by Gasteiger charge is 2.54. The molecule has 0 radical (unpaired) electrons. The maximum atomic E-state index is 12.8. The second-order valence-electron chi connectivity index (χ2n) is 8.74. The number of hydrogen-bond donors (Lipinski definition) is 7. The van der Waals surface area contributed by atoms with Gasteiger partial charge in [0, 0.05) is 12.6 Å². The highest BCUT2D eigenvalue weighted by Crippen LogP contribution is 2.38. The molecule has 0 saturated carbocycles. The van der Waals surface area contributed by atoms with E-state index in [1.165, 1.54) is 19.2 Å². The van der Waals surface area contributed by atoms with Gasteiger partial charge in [0.25, 0.3) is 0 Å². The molecule has 1 aromatic rings. The average Bonchev–Trinajstić information content (AvgIpc) is 3.29. The zero-order chi connectivity index (χ0) is 24.9. The molecule has 3 fully saturated rings. The standard InChI is InChI=1S/C19H27N5O10/c1-19(20)14(24(18(32)22-16(19)30)11-4-8(27)9(5-25)33-11)7-2-3-23(17(31)21-7)15-13(29)12(28)10(6-26)34-15/h2-3,8-15,25-29H,4-6,20H2,1H3,(H,22,30,32)/t8-,9+,10+,11+,12+,13+,14-,15+,19+/m0/s1. The van der Waals surface area contributed by atoms with Crippen LogP contribution < -0.4 is 16.7 Å². The maximum Gasteiger partial charge on any atom is 0.350 e. The van der Waals surface area contributed by atoms with E-state index in [-0.39, 0.29) is 12.1 Å². The Morgan fingerprint density at radius 2 is 1.82 bits per heavy atom. The summed E-state index contributed by atoms with van der Waals surface area (Å²) in [6.45, 7) is 0.243. The molecule has 3 amide bonds. The molecule has 0 bridgehead atoms. The molecule has 1 aromatic heterocycles. The van der Waals surface area contributed by atoms with Crippen molar-refractivity contribution in [3.05, 3.63) is 28.4 Å². The third-order valence-corrected chi connectivity index (χ3v) is 6.41. The van der Waals surface area contributed by atoms with Gasteiger partial charge in [-0.15, -0.1) is 0 Å². The Morgan fingerprint density at radius 1 is 1.15 bits per heavy atom. The summed E-state index contributed by atoms with van der Waals surface area (Å²) in [5.74, 6) is -0.828. The van der Waals surface area contributed by atoms with Crippen molar-refractivity contribution in [2.24, 2.45) is 5.73 Å². The quantitative estimate of drug-likeness (QED) is 0.210. The van der Waals surface area contributed by atoms with Crippen molar-refractivity contribution in [2.75, 3.05) is 13.2 Å². The van der Waals surface area contributed by atoms with Crippen LogP contribution in [0.25, 0.3) is 0 Å². The molecule has 15 heteroatoms. The molecule has 3 aliphatic rings. The van der Waals surface area contributed by atoms with Crippen molar-refractivity contribution in [3.63, 3.8) is 0 Å². The van der Waals surface area contributed by atoms with E-state index in [4.69, 9.17) is 15.2 Å². The van der Waals surface area contributed by atoms with Crippen molar-refractivity contribution in [3.8, 4) is 0 Å². The first kappa shape index (κ1) is 24.6. The highest BCUT2D eigenvalue weighted by atomic mass is 16.6. The molecular formula is C19H27N5O10. The number of carbonyl (C=O) groups is 2. The predicted octanol–water partition coefficient (Wildman–Crippen LogP) is -4.37. The molecule has 15 nitrogen and oxygen atoms in total. The second kappa shape index (κ2) is 8.94. The first-order chi connectivity index (χ1) is 16.0. The van der Waals surface area contributed by atoms with Gasteiger partial charge in [-0.25, -0.2) is 9.59 Å². The van der Waals surface area contributed by atoms with Gasteiger partial charge in [-0.2, -0.15) is 4.98 Å². The van der Waals surface area contributed by atoms with Crippen LogP contribution in [-0.2, 0) is 14.3 Å². The molecule has 0 spiro atoms. The summed E-state index contributed by atoms with van der Waals surface area (Å²) in [7, 11) is 0. The fourth-order valence-electron chi connectivity index (χ4n) is 4.51. The van der Waals surface area contributed by atoms with Gasteiger partial charge in [0.05, 0.1) is 25.0 Å². The maximum absolute atomic E-state index is 12.8. The van der Waals surface area contributed by atoms with E-state index in [0.29, 0.717) is 0 Å². The number of nitrogens with two attached hydrogens (primary N) is 1. The van der Waals surface area contributed by atoms with Gasteiger partial charge < -0.3 is 40.7 Å². The number of amides is 3. The van der Waals surface area contributed by atoms with Crippen LogP contribution in [-0.4, -0.2) is 107 Å². The minimum atomic E-state index is -1.77. The van der Waals surface area contributed by atoms with Crippen molar-refractivity contribution in [2.45, 2.75) is 67.9 Å². The zero-order valence-corrected chi connectivity index (χ0v) is 18.1. The Hall–Kier alpha value is -2.50. The predicted molar refractivity (Wildman–Crippen MR) is 109 cm³/mol. The molecule has 4 rings (SSSR count). The number of nitrogens with one attached hydrogen (secondary N) is 1.